The summed E-state index contributed by atoms with van der Waals surface area (Å²) in [4.78, 5) is 3.75. The van der Waals surface area contributed by atoms with E-state index in [0.29, 0.717) is 4.47 Å². The first-order valence-corrected chi connectivity index (χ1v) is 7.15. The molecule has 0 aliphatic heterocycles. The van der Waals surface area contributed by atoms with Gasteiger partial charge in [0.15, 0.2) is 5.03 Å². The van der Waals surface area contributed by atoms with Crippen LogP contribution in [0.15, 0.2) is 40.2 Å². The summed E-state index contributed by atoms with van der Waals surface area (Å²) in [7, 11) is -2.13. The van der Waals surface area contributed by atoms with Gasteiger partial charge < -0.3 is 9.67 Å². The summed E-state index contributed by atoms with van der Waals surface area (Å²) in [5.41, 5.74) is 0.0926. The van der Waals surface area contributed by atoms with Crippen LogP contribution in [0.1, 0.15) is 0 Å². The molecule has 0 saturated heterocycles. The van der Waals surface area contributed by atoms with Gasteiger partial charge in [0.2, 0.25) is 0 Å². The minimum Gasteiger partial charge on any atom is -0.506 e. The van der Waals surface area contributed by atoms with Crippen molar-refractivity contribution in [3.8, 4) is 5.75 Å². The zero-order valence-corrected chi connectivity index (χ0v) is 11.7. The fourth-order valence-corrected chi connectivity index (χ4v) is 2.72. The van der Waals surface area contributed by atoms with E-state index in [9.17, 15) is 13.5 Å². The van der Waals surface area contributed by atoms with E-state index in [1.807, 2.05) is 0 Å². The Balaban J connectivity index is 2.36. The molecule has 0 atom stereocenters. The van der Waals surface area contributed by atoms with Gasteiger partial charge in [-0.1, -0.05) is 15.9 Å². The summed E-state index contributed by atoms with van der Waals surface area (Å²) < 4.78 is 28.4. The highest BCUT2D eigenvalue weighted by Gasteiger charge is 2.18. The first-order valence-electron chi connectivity index (χ1n) is 4.88. The number of nitrogens with one attached hydrogen (secondary N) is 1. The fourth-order valence-electron chi connectivity index (χ4n) is 1.31. The smallest absolute Gasteiger partial charge is 0.281 e. The molecule has 2 aromatic rings. The Morgan fingerprint density at radius 3 is 2.78 bits per heavy atom. The van der Waals surface area contributed by atoms with Crippen LogP contribution in [0.25, 0.3) is 0 Å². The van der Waals surface area contributed by atoms with Crippen LogP contribution < -0.4 is 4.72 Å². The fraction of sp³-hybridized carbons (Fsp3) is 0.100. The van der Waals surface area contributed by atoms with Gasteiger partial charge in [-0.25, -0.2) is 4.98 Å². The number of aromatic nitrogens is 2. The second-order valence-electron chi connectivity index (χ2n) is 3.64. The van der Waals surface area contributed by atoms with Crippen LogP contribution in [-0.2, 0) is 17.1 Å². The van der Waals surface area contributed by atoms with Gasteiger partial charge in [0.25, 0.3) is 10.0 Å². The molecule has 2 rings (SSSR count). The number of phenolic OH excluding ortho intramolecular Hbond substituents is 1. The molecule has 0 spiro atoms. The van der Waals surface area contributed by atoms with Gasteiger partial charge in [0.05, 0.1) is 12.0 Å². The number of benzene rings is 1. The molecule has 2 N–H and O–H groups in total. The van der Waals surface area contributed by atoms with Gasteiger partial charge in [-0.05, 0) is 18.2 Å². The van der Waals surface area contributed by atoms with Gasteiger partial charge in [-0.2, -0.15) is 8.42 Å². The van der Waals surface area contributed by atoms with Crippen molar-refractivity contribution < 1.29 is 13.5 Å². The Bertz CT molecular complexity index is 681. The minimum atomic E-state index is -3.79. The highest BCUT2D eigenvalue weighted by Crippen LogP contribution is 2.28. The maximum absolute atomic E-state index is 12.0. The van der Waals surface area contributed by atoms with E-state index in [4.69, 9.17) is 0 Å². The van der Waals surface area contributed by atoms with Gasteiger partial charge in [0, 0.05) is 17.7 Å². The van der Waals surface area contributed by atoms with Crippen LogP contribution in [-0.4, -0.2) is 23.1 Å². The topological polar surface area (TPSA) is 84.2 Å². The molecule has 1 aromatic carbocycles. The summed E-state index contributed by atoms with van der Waals surface area (Å²) in [6.45, 7) is 0. The molecule has 0 aliphatic carbocycles. The van der Waals surface area contributed by atoms with Crippen molar-refractivity contribution >= 4 is 31.6 Å². The predicted octanol–water partition coefficient (Wildman–Crippen LogP) is 1.69. The normalized spacial score (nSPS) is 11.4. The molecule has 18 heavy (non-hydrogen) atoms. The molecule has 0 aliphatic rings. The summed E-state index contributed by atoms with van der Waals surface area (Å²) in [6.07, 6.45) is 2.76. The van der Waals surface area contributed by atoms with Gasteiger partial charge in [-0.15, -0.1) is 0 Å². The number of imidazole rings is 1. The summed E-state index contributed by atoms with van der Waals surface area (Å²) in [5, 5.41) is 9.47. The van der Waals surface area contributed by atoms with E-state index in [2.05, 4.69) is 25.6 Å². The predicted molar refractivity (Wildman–Crippen MR) is 69.8 cm³/mol. The molecule has 0 unspecified atom stereocenters. The standard InChI is InChI=1S/C10H10BrN3O3S/c1-14-5-10(12-6-14)18(16,17)13-8-4-7(11)2-3-9(8)15/h2-6,13,15H,1H3. The number of nitrogens with zero attached hydrogens (tertiary/aromatic N) is 2. The molecule has 96 valence electrons. The molecule has 0 radical (unpaired) electrons. The number of anilines is 1. The molecule has 0 amide bonds. The average molecular weight is 332 g/mol. The lowest BCUT2D eigenvalue weighted by Gasteiger charge is -2.07. The van der Waals surface area contributed by atoms with Crippen molar-refractivity contribution in [1.82, 2.24) is 9.55 Å². The highest BCUT2D eigenvalue weighted by molar-refractivity contribution is 9.10. The molecule has 6 nitrogen and oxygen atoms in total. The maximum Gasteiger partial charge on any atom is 0.281 e. The van der Waals surface area contributed by atoms with Crippen molar-refractivity contribution in [2.75, 3.05) is 4.72 Å². The Morgan fingerprint density at radius 2 is 2.17 bits per heavy atom. The zero-order valence-electron chi connectivity index (χ0n) is 9.33. The Hall–Kier alpha value is -1.54. The number of phenols is 1. The van der Waals surface area contributed by atoms with Gasteiger partial charge >= 0.3 is 0 Å². The zero-order chi connectivity index (χ0) is 13.3. The van der Waals surface area contributed by atoms with E-state index >= 15 is 0 Å². The molecular formula is C10H10BrN3O3S. The third-order valence-electron chi connectivity index (χ3n) is 2.16. The quantitative estimate of drug-likeness (QED) is 0.838. The summed E-state index contributed by atoms with van der Waals surface area (Å²) in [5.74, 6) is -0.155. The van der Waals surface area contributed by atoms with E-state index in [1.165, 1.54) is 29.2 Å². The first-order chi connectivity index (χ1) is 8.38. The third-order valence-corrected chi connectivity index (χ3v) is 3.90. The molecule has 1 heterocycles. The van der Waals surface area contributed by atoms with Crippen molar-refractivity contribution in [2.45, 2.75) is 5.03 Å². The van der Waals surface area contributed by atoms with Crippen LogP contribution >= 0.6 is 15.9 Å². The average Bonchev–Trinajstić information content (AvgIpc) is 2.71. The molecule has 0 bridgehead atoms. The van der Waals surface area contributed by atoms with Crippen molar-refractivity contribution in [2.24, 2.45) is 7.05 Å². The number of sulfonamides is 1. The number of aromatic hydroxyl groups is 1. The Labute approximate surface area is 112 Å². The lowest BCUT2D eigenvalue weighted by Crippen LogP contribution is -2.13. The van der Waals surface area contributed by atoms with Gasteiger partial charge in [0.1, 0.15) is 5.75 Å². The number of halogens is 1. The lowest BCUT2D eigenvalue weighted by atomic mass is 10.3. The van der Waals surface area contributed by atoms with E-state index in [0.717, 1.165) is 0 Å². The van der Waals surface area contributed by atoms with E-state index in [1.54, 1.807) is 13.1 Å². The van der Waals surface area contributed by atoms with Crippen molar-refractivity contribution in [1.29, 1.82) is 0 Å². The Morgan fingerprint density at radius 1 is 1.44 bits per heavy atom. The first kappa shape index (κ1) is 12.9. The summed E-state index contributed by atoms with van der Waals surface area (Å²) in [6, 6.07) is 4.46. The number of aryl methyl sites for hydroxylation is 1. The second-order valence-corrected chi connectivity index (χ2v) is 6.19. The number of hydrogen-bond acceptors (Lipinski definition) is 4. The highest BCUT2D eigenvalue weighted by atomic mass is 79.9. The molecule has 0 fully saturated rings. The van der Waals surface area contributed by atoms with Crippen LogP contribution in [0.4, 0.5) is 5.69 Å². The van der Waals surface area contributed by atoms with E-state index < -0.39 is 10.0 Å². The number of rotatable bonds is 3. The van der Waals surface area contributed by atoms with E-state index in [-0.39, 0.29) is 16.5 Å². The largest absolute Gasteiger partial charge is 0.506 e. The van der Waals surface area contributed by atoms with Crippen LogP contribution in [0, 0.1) is 0 Å². The SMILES string of the molecule is Cn1cnc(S(=O)(=O)Nc2cc(Br)ccc2O)c1. The minimum absolute atomic E-state index is 0.0926. The van der Waals surface area contributed by atoms with Crippen molar-refractivity contribution in [3.05, 3.63) is 35.2 Å². The third kappa shape index (κ3) is 2.65. The monoisotopic (exact) mass is 331 g/mol. The molecular weight excluding hydrogens is 322 g/mol. The molecule has 0 saturated carbocycles. The van der Waals surface area contributed by atoms with Gasteiger partial charge in [-0.3, -0.25) is 4.72 Å². The van der Waals surface area contributed by atoms with Crippen LogP contribution in [0.2, 0.25) is 0 Å². The number of hydrogen-bond donors (Lipinski definition) is 2. The second kappa shape index (κ2) is 4.62. The summed E-state index contributed by atoms with van der Waals surface area (Å²) >= 11 is 3.20. The molecule has 8 heteroatoms. The maximum atomic E-state index is 12.0. The lowest BCUT2D eigenvalue weighted by molar-refractivity contribution is 0.477. The van der Waals surface area contributed by atoms with Crippen LogP contribution in [0.3, 0.4) is 0 Å². The van der Waals surface area contributed by atoms with Crippen LogP contribution in [0.5, 0.6) is 5.75 Å². The Kier molecular flexibility index (Phi) is 3.31. The molecule has 1 aromatic heterocycles. The van der Waals surface area contributed by atoms with Crippen molar-refractivity contribution in [3.63, 3.8) is 0 Å².